The summed E-state index contributed by atoms with van der Waals surface area (Å²) in [5.74, 6) is -0.273. The Labute approximate surface area is 346 Å². The fourth-order valence-electron chi connectivity index (χ4n) is 7.84. The largest absolute Gasteiger partial charge is 0.493 e. The van der Waals surface area contributed by atoms with Gasteiger partial charge in [-0.15, -0.1) is 11.3 Å². The summed E-state index contributed by atoms with van der Waals surface area (Å²) in [7, 11) is 3.14. The molecule has 59 heavy (non-hydrogen) atoms. The average molecular weight is 826 g/mol. The third kappa shape index (κ3) is 9.30. The van der Waals surface area contributed by atoms with Crippen molar-refractivity contribution in [1.29, 1.82) is 0 Å². The van der Waals surface area contributed by atoms with E-state index in [1.807, 2.05) is 24.3 Å². The number of aryl methyl sites for hydroxylation is 1. The molecule has 2 aliphatic heterocycles. The smallest absolute Gasteiger partial charge is 0.251 e. The highest BCUT2D eigenvalue weighted by Gasteiger charge is 2.50. The van der Waals surface area contributed by atoms with Gasteiger partial charge in [-0.2, -0.15) is 0 Å². The van der Waals surface area contributed by atoms with Gasteiger partial charge in [-0.05, 0) is 98.0 Å². The number of hydrogen-bond acceptors (Lipinski definition) is 10. The normalized spacial score (nSPS) is 20.0. The highest BCUT2D eigenvalue weighted by Crippen LogP contribution is 2.41. The van der Waals surface area contributed by atoms with Crippen LogP contribution < -0.4 is 29.6 Å². The highest BCUT2D eigenvalue weighted by molar-refractivity contribution is 7.13. The highest BCUT2D eigenvalue weighted by atomic mass is 32.1. The van der Waals surface area contributed by atoms with Crippen LogP contribution in [0.2, 0.25) is 0 Å². The van der Waals surface area contributed by atoms with Crippen molar-refractivity contribution in [3.8, 4) is 23.0 Å². The molecular weight excluding hydrogens is 778 g/mol. The zero-order valence-corrected chi connectivity index (χ0v) is 34.1. The van der Waals surface area contributed by atoms with Crippen LogP contribution >= 0.6 is 11.3 Å². The van der Waals surface area contributed by atoms with Crippen LogP contribution in [0.1, 0.15) is 67.2 Å². The molecule has 15 heteroatoms. The molecule has 8 rings (SSSR count). The first-order valence-electron chi connectivity index (χ1n) is 20.1. The van der Waals surface area contributed by atoms with Gasteiger partial charge in [-0.3, -0.25) is 19.2 Å². The molecule has 13 nitrogen and oxygen atoms in total. The topological polar surface area (TPSA) is 149 Å². The second-order valence-corrected chi connectivity index (χ2v) is 16.8. The van der Waals surface area contributed by atoms with Crippen LogP contribution in [0.25, 0.3) is 0 Å². The minimum atomic E-state index is -1.52. The standard InChI is InChI=1S/C44H48FN5O8S/c1-25-24-59-44(46-25)48-43(54)41(50-21-31(18-39(50)52)29-12-14-35(56-3)37(16-29)58-23-27-9-10-27)40(42(53)47-33-6-4-5-32(45)19-33)49-20-30(17-38(49)51)28-11-13-34(55-2)36(15-28)57-22-26-7-8-26/h4-6,11-16,19,24,26-27,30-31,40-41H,7-10,17-18,20-23H2,1-3H3,(H,47,53)(H,46,48,54). The van der Waals surface area contributed by atoms with Gasteiger partial charge in [-0.25, -0.2) is 9.37 Å². The number of aromatic nitrogens is 1. The number of rotatable bonds is 17. The fraction of sp³-hybridized carbons (Fsp3) is 0.432. The minimum Gasteiger partial charge on any atom is -0.493 e. The summed E-state index contributed by atoms with van der Waals surface area (Å²) in [4.78, 5) is 65.2. The van der Waals surface area contributed by atoms with Crippen molar-refractivity contribution in [2.75, 3.05) is 51.2 Å². The first kappa shape index (κ1) is 40.1. The van der Waals surface area contributed by atoms with Crippen LogP contribution in [0.15, 0.2) is 66.0 Å². The number of nitrogens with one attached hydrogen (secondary N) is 2. The lowest BCUT2D eigenvalue weighted by Gasteiger charge is -2.37. The van der Waals surface area contributed by atoms with Crippen molar-refractivity contribution in [1.82, 2.24) is 14.8 Å². The molecule has 310 valence electrons. The molecule has 3 aromatic carbocycles. The van der Waals surface area contributed by atoms with Crippen LogP contribution in [0, 0.1) is 24.6 Å². The third-order valence-corrected chi connectivity index (χ3v) is 12.3. The summed E-state index contributed by atoms with van der Waals surface area (Å²) in [6.45, 7) is 3.03. The molecule has 2 aliphatic carbocycles. The van der Waals surface area contributed by atoms with E-state index < -0.39 is 29.7 Å². The van der Waals surface area contributed by atoms with Gasteiger partial charge in [0, 0.05) is 48.8 Å². The van der Waals surface area contributed by atoms with Crippen molar-refractivity contribution < 1.29 is 42.5 Å². The molecule has 2 saturated carbocycles. The van der Waals surface area contributed by atoms with Crippen molar-refractivity contribution in [2.45, 2.75) is 69.4 Å². The SMILES string of the molecule is COc1ccc(C2CC(=O)N(C(C(=O)Nc3cccc(F)c3)C(C(=O)Nc3nc(C)cs3)N3CC(c4ccc(OC)c(OCC5CC5)c4)CC3=O)C2)cc1OCC1CC1. The molecule has 4 fully saturated rings. The summed E-state index contributed by atoms with van der Waals surface area (Å²) in [5.41, 5.74) is 2.41. The fourth-order valence-corrected chi connectivity index (χ4v) is 8.53. The van der Waals surface area contributed by atoms with E-state index in [1.54, 1.807) is 38.7 Å². The first-order chi connectivity index (χ1) is 28.6. The number of anilines is 2. The Morgan fingerprint density at radius 2 is 1.29 bits per heavy atom. The van der Waals surface area contributed by atoms with Crippen molar-refractivity contribution in [3.05, 3.63) is 88.7 Å². The van der Waals surface area contributed by atoms with Crippen LogP contribution in [-0.4, -0.2) is 91.0 Å². The van der Waals surface area contributed by atoms with Crippen molar-refractivity contribution in [2.24, 2.45) is 11.8 Å². The molecular formula is C44H48FN5O8S. The maximum absolute atomic E-state index is 14.7. The zero-order chi connectivity index (χ0) is 41.2. The molecule has 4 aliphatic rings. The maximum atomic E-state index is 14.7. The number of ether oxygens (including phenoxy) is 4. The number of hydrogen-bond donors (Lipinski definition) is 2. The third-order valence-electron chi connectivity index (χ3n) is 11.4. The van der Waals surface area contributed by atoms with E-state index >= 15 is 0 Å². The van der Waals surface area contributed by atoms with Crippen LogP contribution in [0.5, 0.6) is 23.0 Å². The lowest BCUT2D eigenvalue weighted by Crippen LogP contribution is -2.62. The molecule has 0 bridgehead atoms. The van der Waals surface area contributed by atoms with Crippen LogP contribution in [0.4, 0.5) is 15.2 Å². The monoisotopic (exact) mass is 825 g/mol. The van der Waals surface area contributed by atoms with Crippen molar-refractivity contribution >= 4 is 45.8 Å². The van der Waals surface area contributed by atoms with Gasteiger partial charge in [0.15, 0.2) is 28.1 Å². The number of amides is 4. The predicted molar refractivity (Wildman–Crippen MR) is 219 cm³/mol. The summed E-state index contributed by atoms with van der Waals surface area (Å²) in [5, 5.41) is 7.64. The maximum Gasteiger partial charge on any atom is 0.251 e. The van der Waals surface area contributed by atoms with E-state index in [2.05, 4.69) is 15.6 Å². The lowest BCUT2D eigenvalue weighted by molar-refractivity contribution is -0.145. The van der Waals surface area contributed by atoms with Gasteiger partial charge in [0.2, 0.25) is 17.7 Å². The number of thiazole rings is 1. The average Bonchev–Trinajstić information content (AvgIpc) is 4.13. The number of halogens is 1. The van der Waals surface area contributed by atoms with E-state index in [0.29, 0.717) is 53.7 Å². The Hall–Kier alpha value is -5.70. The van der Waals surface area contributed by atoms with E-state index in [4.69, 9.17) is 18.9 Å². The Bertz CT molecular complexity index is 2230. The van der Waals surface area contributed by atoms with Gasteiger partial charge in [0.25, 0.3) is 5.91 Å². The quantitative estimate of drug-likeness (QED) is 0.121. The Kier molecular flexibility index (Phi) is 11.7. The minimum absolute atomic E-state index is 0.0320. The molecule has 0 radical (unpaired) electrons. The van der Waals surface area contributed by atoms with E-state index in [-0.39, 0.29) is 60.4 Å². The van der Waals surface area contributed by atoms with Gasteiger partial charge >= 0.3 is 0 Å². The molecule has 4 unspecified atom stereocenters. The van der Waals surface area contributed by atoms with Gasteiger partial charge in [0.1, 0.15) is 17.9 Å². The molecule has 4 aromatic rings. The molecule has 2 N–H and O–H groups in total. The van der Waals surface area contributed by atoms with Gasteiger partial charge < -0.3 is 39.4 Å². The number of methoxy groups -OCH3 is 2. The molecule has 0 spiro atoms. The van der Waals surface area contributed by atoms with E-state index in [0.717, 1.165) is 42.9 Å². The van der Waals surface area contributed by atoms with Crippen molar-refractivity contribution in [3.63, 3.8) is 0 Å². The molecule has 3 heterocycles. The van der Waals surface area contributed by atoms with Gasteiger partial charge in [-0.1, -0.05) is 18.2 Å². The lowest BCUT2D eigenvalue weighted by atomic mass is 9.97. The first-order valence-corrected chi connectivity index (χ1v) is 20.9. The number of carbonyl (C=O) groups excluding carboxylic acids is 4. The van der Waals surface area contributed by atoms with Crippen LogP contribution in [0.3, 0.4) is 0 Å². The molecule has 1 aromatic heterocycles. The Balaban J connectivity index is 1.14. The van der Waals surface area contributed by atoms with E-state index in [1.165, 1.54) is 39.3 Å². The predicted octanol–water partition coefficient (Wildman–Crippen LogP) is 6.53. The second kappa shape index (κ2) is 17.3. The summed E-state index contributed by atoms with van der Waals surface area (Å²) in [6, 6.07) is 13.4. The zero-order valence-electron chi connectivity index (χ0n) is 33.3. The molecule has 4 amide bonds. The number of likely N-dealkylation sites (tertiary alicyclic amines) is 2. The summed E-state index contributed by atoms with van der Waals surface area (Å²) >= 11 is 1.20. The Morgan fingerprint density at radius 3 is 1.75 bits per heavy atom. The molecule has 2 saturated heterocycles. The number of nitrogens with zero attached hydrogens (tertiary/aromatic N) is 3. The second-order valence-electron chi connectivity index (χ2n) is 15.9. The summed E-state index contributed by atoms with van der Waals surface area (Å²) < 4.78 is 37.8. The molecule has 4 atom stereocenters. The van der Waals surface area contributed by atoms with E-state index in [9.17, 15) is 23.6 Å². The van der Waals surface area contributed by atoms with Crippen LogP contribution in [-0.2, 0) is 19.2 Å². The van der Waals surface area contributed by atoms with Gasteiger partial charge in [0.05, 0.1) is 33.1 Å². The summed E-state index contributed by atoms with van der Waals surface area (Å²) in [6.07, 6.45) is 4.52. The number of benzene rings is 3. The Morgan fingerprint density at radius 1 is 0.763 bits per heavy atom. The number of carbonyl (C=O) groups is 4.